The number of hydrogen-bond acceptors (Lipinski definition) is 5. The minimum atomic E-state index is -0.359. The number of nitrogens with zero attached hydrogens (tertiary/aromatic N) is 5. The zero-order chi connectivity index (χ0) is 15.7. The van der Waals surface area contributed by atoms with Crippen molar-refractivity contribution < 1.29 is 4.79 Å². The third kappa shape index (κ3) is 2.62. The van der Waals surface area contributed by atoms with Gasteiger partial charge in [0.25, 0.3) is 11.7 Å². The number of nitrogens with one attached hydrogen (secondary N) is 1. The lowest BCUT2D eigenvalue weighted by Crippen LogP contribution is -2.18. The van der Waals surface area contributed by atoms with E-state index in [9.17, 15) is 4.79 Å². The maximum atomic E-state index is 12.3. The number of aryl methyl sites for hydroxylation is 2. The van der Waals surface area contributed by atoms with Gasteiger partial charge in [-0.1, -0.05) is 18.5 Å². The summed E-state index contributed by atoms with van der Waals surface area (Å²) in [6, 6.07) is 6.83. The van der Waals surface area contributed by atoms with E-state index in [2.05, 4.69) is 25.6 Å². The molecule has 7 nitrogen and oxygen atoms in total. The molecule has 22 heavy (non-hydrogen) atoms. The quantitative estimate of drug-likeness (QED) is 0.801. The van der Waals surface area contributed by atoms with Crippen LogP contribution in [0.5, 0.6) is 0 Å². The molecule has 0 saturated carbocycles. The number of fused-ring (bicyclic) bond motifs is 1. The molecule has 0 bridgehead atoms. The molecule has 112 valence electrons. The van der Waals surface area contributed by atoms with Crippen LogP contribution in [0.4, 0.5) is 5.69 Å². The van der Waals surface area contributed by atoms with Crippen LogP contribution in [0.1, 0.15) is 28.9 Å². The molecule has 0 fully saturated rings. The number of rotatable bonds is 3. The van der Waals surface area contributed by atoms with E-state index in [0.29, 0.717) is 34.4 Å². The SMILES string of the molecule is CCc1nc2nnc(C(=O)Nc3ccc(Cl)cc3)c(C)n2n1. The van der Waals surface area contributed by atoms with Gasteiger partial charge in [0.05, 0.1) is 5.69 Å². The molecule has 0 aliphatic carbocycles. The summed E-state index contributed by atoms with van der Waals surface area (Å²) in [7, 11) is 0. The van der Waals surface area contributed by atoms with Crippen molar-refractivity contribution in [3.8, 4) is 0 Å². The highest BCUT2D eigenvalue weighted by Gasteiger charge is 2.17. The van der Waals surface area contributed by atoms with Gasteiger partial charge in [-0.15, -0.1) is 15.3 Å². The molecule has 2 heterocycles. The first-order valence-electron chi connectivity index (χ1n) is 6.74. The second-order valence-electron chi connectivity index (χ2n) is 4.69. The summed E-state index contributed by atoms with van der Waals surface area (Å²) in [4.78, 5) is 16.5. The third-order valence-electron chi connectivity index (χ3n) is 3.17. The van der Waals surface area contributed by atoms with Crippen molar-refractivity contribution in [3.63, 3.8) is 0 Å². The van der Waals surface area contributed by atoms with Crippen LogP contribution in [-0.4, -0.2) is 30.7 Å². The first kappa shape index (κ1) is 14.4. The van der Waals surface area contributed by atoms with Crippen molar-refractivity contribution in [1.82, 2.24) is 24.8 Å². The molecule has 0 spiro atoms. The van der Waals surface area contributed by atoms with Crippen molar-refractivity contribution in [2.45, 2.75) is 20.3 Å². The molecule has 0 unspecified atom stereocenters. The van der Waals surface area contributed by atoms with Crippen molar-refractivity contribution >= 4 is 29.0 Å². The number of carbonyl (C=O) groups is 1. The zero-order valence-corrected chi connectivity index (χ0v) is 12.8. The Morgan fingerprint density at radius 1 is 1.27 bits per heavy atom. The number of carbonyl (C=O) groups excluding carboxylic acids is 1. The van der Waals surface area contributed by atoms with Crippen molar-refractivity contribution in [2.75, 3.05) is 5.32 Å². The van der Waals surface area contributed by atoms with Crippen LogP contribution in [0.2, 0.25) is 5.02 Å². The minimum absolute atomic E-state index is 0.204. The maximum absolute atomic E-state index is 12.3. The predicted molar refractivity (Wildman–Crippen MR) is 82.1 cm³/mol. The van der Waals surface area contributed by atoms with Crippen LogP contribution < -0.4 is 5.32 Å². The number of amides is 1. The van der Waals surface area contributed by atoms with Crippen LogP contribution in [0.25, 0.3) is 5.78 Å². The standard InChI is InChI=1S/C14H13ClN6O/c1-3-11-17-14-19-18-12(8(2)21(14)20-11)13(22)16-10-6-4-9(15)5-7-10/h4-7H,3H2,1-2H3,(H,16,22). The summed E-state index contributed by atoms with van der Waals surface area (Å²) in [5, 5.41) is 15.6. The Morgan fingerprint density at radius 3 is 2.68 bits per heavy atom. The van der Waals surface area contributed by atoms with Gasteiger partial charge < -0.3 is 5.32 Å². The zero-order valence-electron chi connectivity index (χ0n) is 12.0. The topological polar surface area (TPSA) is 85.1 Å². The smallest absolute Gasteiger partial charge is 0.278 e. The van der Waals surface area contributed by atoms with Gasteiger partial charge >= 0.3 is 0 Å². The molecule has 3 aromatic rings. The van der Waals surface area contributed by atoms with Crippen LogP contribution >= 0.6 is 11.6 Å². The third-order valence-corrected chi connectivity index (χ3v) is 3.42. The normalized spacial score (nSPS) is 10.9. The molecule has 8 heteroatoms. The van der Waals surface area contributed by atoms with E-state index in [1.54, 1.807) is 31.2 Å². The lowest BCUT2D eigenvalue weighted by Gasteiger charge is -2.06. The number of aromatic nitrogens is 5. The molecule has 0 saturated heterocycles. The highest BCUT2D eigenvalue weighted by atomic mass is 35.5. The van der Waals surface area contributed by atoms with Crippen molar-refractivity contribution in [3.05, 3.63) is 46.5 Å². The van der Waals surface area contributed by atoms with Gasteiger partial charge in [0.2, 0.25) is 0 Å². The monoisotopic (exact) mass is 316 g/mol. The fourth-order valence-corrected chi connectivity index (χ4v) is 2.11. The fraction of sp³-hybridized carbons (Fsp3) is 0.214. The average molecular weight is 317 g/mol. The number of anilines is 1. The van der Waals surface area contributed by atoms with Crippen LogP contribution in [0.3, 0.4) is 0 Å². The van der Waals surface area contributed by atoms with E-state index >= 15 is 0 Å². The molecule has 0 aliphatic rings. The summed E-state index contributed by atoms with van der Waals surface area (Å²) in [6.45, 7) is 3.71. The van der Waals surface area contributed by atoms with Crippen LogP contribution in [0.15, 0.2) is 24.3 Å². The Hall–Kier alpha value is -2.54. The summed E-state index contributed by atoms with van der Waals surface area (Å²) in [5.41, 5.74) is 1.42. The van der Waals surface area contributed by atoms with Gasteiger partial charge in [-0.3, -0.25) is 4.79 Å². The molecule has 1 aromatic carbocycles. The highest BCUT2D eigenvalue weighted by Crippen LogP contribution is 2.15. The van der Waals surface area contributed by atoms with Gasteiger partial charge in [0.15, 0.2) is 11.5 Å². The molecule has 1 amide bonds. The molecule has 0 atom stereocenters. The Morgan fingerprint density at radius 2 is 2.00 bits per heavy atom. The first-order valence-corrected chi connectivity index (χ1v) is 7.12. The average Bonchev–Trinajstić information content (AvgIpc) is 2.94. The van der Waals surface area contributed by atoms with E-state index < -0.39 is 0 Å². The molecular weight excluding hydrogens is 304 g/mol. The molecular formula is C14H13ClN6O. The Bertz CT molecular complexity index is 842. The predicted octanol–water partition coefficient (Wildman–Crippen LogP) is 2.30. The second-order valence-corrected chi connectivity index (χ2v) is 5.12. The van der Waals surface area contributed by atoms with Gasteiger partial charge in [-0.2, -0.15) is 9.50 Å². The summed E-state index contributed by atoms with van der Waals surface area (Å²) < 4.78 is 1.53. The van der Waals surface area contributed by atoms with Crippen LogP contribution in [-0.2, 0) is 6.42 Å². The fourth-order valence-electron chi connectivity index (χ4n) is 1.99. The van der Waals surface area contributed by atoms with Crippen molar-refractivity contribution in [1.29, 1.82) is 0 Å². The molecule has 1 N–H and O–H groups in total. The Labute approximate surface area is 131 Å². The maximum Gasteiger partial charge on any atom is 0.278 e. The van der Waals surface area contributed by atoms with Crippen molar-refractivity contribution in [2.24, 2.45) is 0 Å². The number of benzene rings is 1. The molecule has 0 aliphatic heterocycles. The lowest BCUT2D eigenvalue weighted by molar-refractivity contribution is 0.102. The van der Waals surface area contributed by atoms with Gasteiger partial charge in [-0.05, 0) is 31.2 Å². The summed E-state index contributed by atoms with van der Waals surface area (Å²) in [5.74, 6) is 0.688. The second kappa shape index (κ2) is 5.69. The molecule has 2 aromatic heterocycles. The summed E-state index contributed by atoms with van der Waals surface area (Å²) >= 11 is 5.82. The largest absolute Gasteiger partial charge is 0.321 e. The van der Waals surface area contributed by atoms with E-state index in [1.165, 1.54) is 4.52 Å². The molecule has 0 radical (unpaired) electrons. The van der Waals surface area contributed by atoms with E-state index in [4.69, 9.17) is 11.6 Å². The van der Waals surface area contributed by atoms with Gasteiger partial charge in [0.1, 0.15) is 0 Å². The van der Waals surface area contributed by atoms with E-state index in [-0.39, 0.29) is 11.6 Å². The summed E-state index contributed by atoms with van der Waals surface area (Å²) in [6.07, 6.45) is 0.690. The van der Waals surface area contributed by atoms with E-state index in [0.717, 1.165) is 0 Å². The van der Waals surface area contributed by atoms with Crippen LogP contribution in [0, 0.1) is 6.92 Å². The minimum Gasteiger partial charge on any atom is -0.321 e. The Kier molecular flexibility index (Phi) is 3.72. The van der Waals surface area contributed by atoms with Gasteiger partial charge in [-0.25, -0.2) is 0 Å². The van der Waals surface area contributed by atoms with Gasteiger partial charge in [0, 0.05) is 17.1 Å². The molecule has 3 rings (SSSR count). The lowest BCUT2D eigenvalue weighted by atomic mass is 10.3. The van der Waals surface area contributed by atoms with E-state index in [1.807, 2.05) is 6.92 Å². The highest BCUT2D eigenvalue weighted by molar-refractivity contribution is 6.30. The first-order chi connectivity index (χ1) is 10.6. The Balaban J connectivity index is 1.93. The number of hydrogen-bond donors (Lipinski definition) is 1. The number of halogens is 1.